The highest BCUT2D eigenvalue weighted by molar-refractivity contribution is 8.00. The molecule has 25 heavy (non-hydrogen) atoms. The Morgan fingerprint density at radius 2 is 1.88 bits per heavy atom. The lowest BCUT2D eigenvalue weighted by Gasteiger charge is -2.24. The molecule has 1 aliphatic rings. The van der Waals surface area contributed by atoms with Crippen molar-refractivity contribution in [3.05, 3.63) is 71.2 Å². The Morgan fingerprint density at radius 1 is 1.08 bits per heavy atom. The standard InChI is InChI=1S/C20H16ClNO2S/c1-24-18-8-7-13-9-15(6-5-14(13)10-18)20-22(19(23)12-25-20)17-4-2-3-16(21)11-17/h2-11,20H,12H2,1H3/t20-/m0/s1. The molecule has 3 aromatic rings. The van der Waals surface area contributed by atoms with Gasteiger partial charge in [0, 0.05) is 10.7 Å². The molecule has 0 bridgehead atoms. The third-order valence-electron chi connectivity index (χ3n) is 4.31. The van der Waals surface area contributed by atoms with Crippen molar-refractivity contribution in [3.8, 4) is 5.75 Å². The number of rotatable bonds is 3. The maximum Gasteiger partial charge on any atom is 0.238 e. The maximum atomic E-state index is 12.5. The molecule has 1 atom stereocenters. The van der Waals surface area contributed by atoms with Crippen LogP contribution in [0.3, 0.4) is 0 Å². The first kappa shape index (κ1) is 16.3. The number of hydrogen-bond donors (Lipinski definition) is 0. The highest BCUT2D eigenvalue weighted by Crippen LogP contribution is 2.43. The van der Waals surface area contributed by atoms with Crippen LogP contribution in [0.15, 0.2) is 60.7 Å². The molecule has 126 valence electrons. The average Bonchev–Trinajstić information content (AvgIpc) is 3.02. The van der Waals surface area contributed by atoms with Crippen molar-refractivity contribution < 1.29 is 9.53 Å². The number of carbonyl (C=O) groups is 1. The van der Waals surface area contributed by atoms with Gasteiger partial charge in [0.1, 0.15) is 11.1 Å². The lowest BCUT2D eigenvalue weighted by atomic mass is 10.1. The number of halogens is 1. The Hall–Kier alpha value is -2.17. The minimum absolute atomic E-state index is 0.0440. The predicted octanol–water partition coefficient (Wildman–Crippen LogP) is 5.28. The van der Waals surface area contributed by atoms with Gasteiger partial charge in [-0.3, -0.25) is 9.69 Å². The zero-order valence-electron chi connectivity index (χ0n) is 13.6. The highest BCUT2D eigenvalue weighted by atomic mass is 35.5. The highest BCUT2D eigenvalue weighted by Gasteiger charge is 2.34. The molecule has 5 heteroatoms. The summed E-state index contributed by atoms with van der Waals surface area (Å²) in [6.07, 6.45) is 0. The zero-order valence-corrected chi connectivity index (χ0v) is 15.2. The van der Waals surface area contributed by atoms with E-state index in [1.807, 2.05) is 47.4 Å². The molecule has 0 saturated carbocycles. The van der Waals surface area contributed by atoms with Gasteiger partial charge in [0.25, 0.3) is 0 Å². The first-order valence-electron chi connectivity index (χ1n) is 7.92. The molecule has 1 fully saturated rings. The van der Waals surface area contributed by atoms with E-state index in [9.17, 15) is 4.79 Å². The fourth-order valence-corrected chi connectivity index (χ4v) is 4.45. The van der Waals surface area contributed by atoms with E-state index in [2.05, 4.69) is 18.2 Å². The molecule has 0 aromatic heterocycles. The van der Waals surface area contributed by atoms with Crippen molar-refractivity contribution in [2.45, 2.75) is 5.37 Å². The minimum atomic E-state index is -0.0440. The molecule has 0 N–H and O–H groups in total. The molecular weight excluding hydrogens is 354 g/mol. The monoisotopic (exact) mass is 369 g/mol. The number of anilines is 1. The van der Waals surface area contributed by atoms with Crippen molar-refractivity contribution in [2.75, 3.05) is 17.8 Å². The van der Waals surface area contributed by atoms with Crippen LogP contribution in [0.5, 0.6) is 5.75 Å². The van der Waals surface area contributed by atoms with Gasteiger partial charge in [-0.1, -0.05) is 35.9 Å². The van der Waals surface area contributed by atoms with Crippen LogP contribution in [0.1, 0.15) is 10.9 Å². The van der Waals surface area contributed by atoms with E-state index in [0.29, 0.717) is 10.8 Å². The normalized spacial score (nSPS) is 17.3. The van der Waals surface area contributed by atoms with Crippen LogP contribution in [-0.2, 0) is 4.79 Å². The Labute approximate surface area is 155 Å². The van der Waals surface area contributed by atoms with E-state index in [4.69, 9.17) is 16.3 Å². The van der Waals surface area contributed by atoms with Crippen molar-refractivity contribution in [1.29, 1.82) is 0 Å². The van der Waals surface area contributed by atoms with E-state index in [1.54, 1.807) is 18.9 Å². The van der Waals surface area contributed by atoms with Crippen LogP contribution in [0.4, 0.5) is 5.69 Å². The van der Waals surface area contributed by atoms with Crippen molar-refractivity contribution in [1.82, 2.24) is 0 Å². The van der Waals surface area contributed by atoms with Gasteiger partial charge < -0.3 is 4.74 Å². The third kappa shape index (κ3) is 3.08. The average molecular weight is 370 g/mol. The Morgan fingerprint density at radius 3 is 2.68 bits per heavy atom. The maximum absolute atomic E-state index is 12.5. The molecule has 1 amide bonds. The summed E-state index contributed by atoms with van der Waals surface area (Å²) in [6, 6.07) is 19.8. The second-order valence-electron chi connectivity index (χ2n) is 5.88. The van der Waals surface area contributed by atoms with Gasteiger partial charge >= 0.3 is 0 Å². The van der Waals surface area contributed by atoms with E-state index in [1.165, 1.54) is 0 Å². The number of methoxy groups -OCH3 is 1. The summed E-state index contributed by atoms with van der Waals surface area (Å²) in [5.41, 5.74) is 1.94. The summed E-state index contributed by atoms with van der Waals surface area (Å²) in [5.74, 6) is 1.41. The number of amides is 1. The largest absolute Gasteiger partial charge is 0.497 e. The van der Waals surface area contributed by atoms with Crippen molar-refractivity contribution in [2.24, 2.45) is 0 Å². The van der Waals surface area contributed by atoms with Gasteiger partial charge in [-0.2, -0.15) is 0 Å². The second-order valence-corrected chi connectivity index (χ2v) is 7.38. The summed E-state index contributed by atoms with van der Waals surface area (Å²) in [6.45, 7) is 0. The molecule has 3 nitrogen and oxygen atoms in total. The predicted molar refractivity (Wildman–Crippen MR) is 105 cm³/mol. The number of ether oxygens (including phenoxy) is 1. The fraction of sp³-hybridized carbons (Fsp3) is 0.150. The summed E-state index contributed by atoms with van der Waals surface area (Å²) < 4.78 is 5.28. The second kappa shape index (κ2) is 6.62. The van der Waals surface area contributed by atoms with Gasteiger partial charge in [-0.05, 0) is 52.7 Å². The minimum Gasteiger partial charge on any atom is -0.497 e. The first-order chi connectivity index (χ1) is 12.2. The molecule has 1 aliphatic heterocycles. The van der Waals surface area contributed by atoms with Gasteiger partial charge in [-0.25, -0.2) is 0 Å². The topological polar surface area (TPSA) is 29.5 Å². The van der Waals surface area contributed by atoms with Crippen LogP contribution in [0.25, 0.3) is 10.8 Å². The van der Waals surface area contributed by atoms with Gasteiger partial charge in [0.2, 0.25) is 5.91 Å². The number of carbonyl (C=O) groups excluding carboxylic acids is 1. The molecule has 0 unspecified atom stereocenters. The number of hydrogen-bond acceptors (Lipinski definition) is 3. The van der Waals surface area contributed by atoms with E-state index in [-0.39, 0.29) is 11.3 Å². The molecular formula is C20H16ClNO2S. The number of nitrogens with zero attached hydrogens (tertiary/aromatic N) is 1. The molecule has 3 aromatic carbocycles. The summed E-state index contributed by atoms with van der Waals surface area (Å²) in [5, 5.41) is 2.83. The molecule has 0 aliphatic carbocycles. The summed E-state index contributed by atoms with van der Waals surface area (Å²) >= 11 is 7.75. The quantitative estimate of drug-likeness (QED) is 0.629. The van der Waals surface area contributed by atoms with Gasteiger partial charge in [0.05, 0.1) is 12.9 Å². The SMILES string of the molecule is COc1ccc2cc([C@@H]3SCC(=O)N3c3cccc(Cl)c3)ccc2c1. The van der Waals surface area contributed by atoms with E-state index < -0.39 is 0 Å². The fourth-order valence-electron chi connectivity index (χ4n) is 3.10. The number of thioether (sulfide) groups is 1. The third-order valence-corrected chi connectivity index (χ3v) is 5.76. The van der Waals surface area contributed by atoms with E-state index >= 15 is 0 Å². The van der Waals surface area contributed by atoms with Crippen LogP contribution in [0.2, 0.25) is 5.02 Å². The van der Waals surface area contributed by atoms with Crippen LogP contribution < -0.4 is 9.64 Å². The zero-order chi connectivity index (χ0) is 17.4. The molecule has 1 heterocycles. The van der Waals surface area contributed by atoms with Crippen LogP contribution >= 0.6 is 23.4 Å². The van der Waals surface area contributed by atoms with Crippen molar-refractivity contribution in [3.63, 3.8) is 0 Å². The van der Waals surface area contributed by atoms with Crippen molar-refractivity contribution >= 4 is 45.7 Å². The first-order valence-corrected chi connectivity index (χ1v) is 9.35. The van der Waals surface area contributed by atoms with Crippen LogP contribution in [-0.4, -0.2) is 18.8 Å². The Kier molecular flexibility index (Phi) is 4.32. The lowest BCUT2D eigenvalue weighted by molar-refractivity contribution is -0.115. The summed E-state index contributed by atoms with van der Waals surface area (Å²) in [4.78, 5) is 14.3. The number of fused-ring (bicyclic) bond motifs is 1. The van der Waals surface area contributed by atoms with Gasteiger partial charge in [0.15, 0.2) is 0 Å². The van der Waals surface area contributed by atoms with E-state index in [0.717, 1.165) is 27.8 Å². The molecule has 1 saturated heterocycles. The smallest absolute Gasteiger partial charge is 0.238 e. The summed E-state index contributed by atoms with van der Waals surface area (Å²) in [7, 11) is 1.67. The molecule has 4 rings (SSSR count). The number of benzene rings is 3. The molecule has 0 spiro atoms. The Bertz CT molecular complexity index is 959. The van der Waals surface area contributed by atoms with Crippen LogP contribution in [0, 0.1) is 0 Å². The lowest BCUT2D eigenvalue weighted by Crippen LogP contribution is -2.27. The van der Waals surface area contributed by atoms with Gasteiger partial charge in [-0.15, -0.1) is 11.8 Å². The Balaban J connectivity index is 1.74. The molecule has 0 radical (unpaired) electrons.